The summed E-state index contributed by atoms with van der Waals surface area (Å²) in [5.41, 5.74) is 0.339. The first-order valence-corrected chi connectivity index (χ1v) is 7.80. The summed E-state index contributed by atoms with van der Waals surface area (Å²) in [7, 11) is 0. The third kappa shape index (κ3) is 3.10. The van der Waals surface area contributed by atoms with Gasteiger partial charge in [0.25, 0.3) is 0 Å². The number of para-hydroxylation sites is 1. The molecule has 3 rings (SSSR count). The maximum absolute atomic E-state index is 12.5. The maximum Gasteiger partial charge on any atom is 0.240 e. The number of hydrogen-bond donors (Lipinski definition) is 2. The summed E-state index contributed by atoms with van der Waals surface area (Å²) in [5, 5.41) is 14.8. The summed E-state index contributed by atoms with van der Waals surface area (Å²) in [4.78, 5) is 25.0. The molecule has 6 heteroatoms. The van der Waals surface area contributed by atoms with Crippen molar-refractivity contribution in [2.75, 3.05) is 10.6 Å². The summed E-state index contributed by atoms with van der Waals surface area (Å²) in [6.45, 7) is 0. The predicted octanol–water partition coefficient (Wildman–Crippen LogP) is 3.57. The van der Waals surface area contributed by atoms with Gasteiger partial charge in [0.15, 0.2) is 0 Å². The van der Waals surface area contributed by atoms with Crippen LogP contribution in [0.4, 0.5) is 11.4 Å². The second-order valence-electron chi connectivity index (χ2n) is 5.66. The van der Waals surface area contributed by atoms with Crippen molar-refractivity contribution in [3.63, 3.8) is 0 Å². The zero-order valence-corrected chi connectivity index (χ0v) is 13.4. The molecule has 120 valence electrons. The molecule has 1 aliphatic carbocycles. The van der Waals surface area contributed by atoms with Gasteiger partial charge in [0, 0.05) is 5.69 Å². The molecule has 2 N–H and O–H groups in total. The van der Waals surface area contributed by atoms with E-state index in [1.165, 1.54) is 0 Å². The Balaban J connectivity index is 1.73. The van der Waals surface area contributed by atoms with Crippen LogP contribution >= 0.6 is 11.6 Å². The molecule has 2 aromatic rings. The first-order chi connectivity index (χ1) is 11.5. The number of halogens is 1. The molecule has 0 atom stereocenters. The van der Waals surface area contributed by atoms with Crippen LogP contribution < -0.4 is 10.6 Å². The highest BCUT2D eigenvalue weighted by Crippen LogP contribution is 2.47. The van der Waals surface area contributed by atoms with E-state index in [-0.39, 0.29) is 11.8 Å². The van der Waals surface area contributed by atoms with Crippen molar-refractivity contribution >= 4 is 34.8 Å². The Hall–Kier alpha value is -2.84. The van der Waals surface area contributed by atoms with Crippen LogP contribution in [0.15, 0.2) is 48.5 Å². The molecule has 0 unspecified atom stereocenters. The second-order valence-corrected chi connectivity index (χ2v) is 6.07. The lowest BCUT2D eigenvalue weighted by Gasteiger charge is -2.16. The van der Waals surface area contributed by atoms with Gasteiger partial charge in [-0.25, -0.2) is 0 Å². The van der Waals surface area contributed by atoms with Crippen LogP contribution in [0.1, 0.15) is 18.4 Å². The molecule has 0 saturated heterocycles. The van der Waals surface area contributed by atoms with E-state index < -0.39 is 5.41 Å². The fourth-order valence-corrected chi connectivity index (χ4v) is 2.59. The highest BCUT2D eigenvalue weighted by atomic mass is 35.5. The minimum Gasteiger partial charge on any atom is -0.325 e. The Morgan fingerprint density at radius 1 is 1.04 bits per heavy atom. The Labute approximate surface area is 144 Å². The zero-order chi connectivity index (χ0) is 17.2. The van der Waals surface area contributed by atoms with Gasteiger partial charge in [0.2, 0.25) is 11.8 Å². The van der Waals surface area contributed by atoms with Gasteiger partial charge in [0.05, 0.1) is 22.3 Å². The van der Waals surface area contributed by atoms with Gasteiger partial charge in [-0.1, -0.05) is 29.8 Å². The lowest BCUT2D eigenvalue weighted by molar-refractivity contribution is -0.131. The van der Waals surface area contributed by atoms with Gasteiger partial charge in [-0.3, -0.25) is 9.59 Å². The number of nitrogens with one attached hydrogen (secondary N) is 2. The number of carbonyl (C=O) groups excluding carboxylic acids is 2. The minimum absolute atomic E-state index is 0.371. The summed E-state index contributed by atoms with van der Waals surface area (Å²) in [5.74, 6) is -0.744. The van der Waals surface area contributed by atoms with Crippen LogP contribution in [0.3, 0.4) is 0 Å². The average molecular weight is 340 g/mol. The van der Waals surface area contributed by atoms with Crippen LogP contribution in [0.2, 0.25) is 5.02 Å². The average Bonchev–Trinajstić information content (AvgIpc) is 3.39. The topological polar surface area (TPSA) is 82.0 Å². The number of nitriles is 1. The zero-order valence-electron chi connectivity index (χ0n) is 12.7. The predicted molar refractivity (Wildman–Crippen MR) is 91.5 cm³/mol. The van der Waals surface area contributed by atoms with Gasteiger partial charge in [-0.05, 0) is 43.2 Å². The number of hydrogen-bond acceptors (Lipinski definition) is 3. The Morgan fingerprint density at radius 3 is 2.42 bits per heavy atom. The molecule has 2 amide bonds. The van der Waals surface area contributed by atoms with E-state index in [1.54, 1.807) is 48.5 Å². The summed E-state index contributed by atoms with van der Waals surface area (Å²) < 4.78 is 0. The third-order valence-corrected chi connectivity index (χ3v) is 4.32. The smallest absolute Gasteiger partial charge is 0.240 e. The largest absolute Gasteiger partial charge is 0.325 e. The fourth-order valence-electron chi connectivity index (χ4n) is 2.40. The third-order valence-electron chi connectivity index (χ3n) is 3.99. The van der Waals surface area contributed by atoms with E-state index >= 15 is 0 Å². The number of benzene rings is 2. The SMILES string of the molecule is N#Cc1cccc(NC(=O)C2(C(=O)Nc3ccccc3Cl)CC2)c1. The lowest BCUT2D eigenvalue weighted by atomic mass is 10.0. The molecule has 1 fully saturated rings. The number of carbonyl (C=O) groups is 2. The van der Waals surface area contributed by atoms with Gasteiger partial charge in [-0.15, -0.1) is 0 Å². The van der Waals surface area contributed by atoms with E-state index in [0.717, 1.165) is 0 Å². The molecule has 2 aromatic carbocycles. The molecule has 1 saturated carbocycles. The highest BCUT2D eigenvalue weighted by molar-refractivity contribution is 6.34. The standard InChI is InChI=1S/C18H14ClN3O2/c19-14-6-1-2-7-15(14)22-17(24)18(8-9-18)16(23)21-13-5-3-4-12(10-13)11-20/h1-7,10H,8-9H2,(H,21,23)(H,22,24). The number of amides is 2. The van der Waals surface area contributed by atoms with Crippen molar-refractivity contribution in [2.24, 2.45) is 5.41 Å². The molecule has 5 nitrogen and oxygen atoms in total. The quantitative estimate of drug-likeness (QED) is 0.835. The van der Waals surface area contributed by atoms with Gasteiger partial charge >= 0.3 is 0 Å². The first kappa shape index (κ1) is 16.0. The van der Waals surface area contributed by atoms with Crippen molar-refractivity contribution in [3.8, 4) is 6.07 Å². The molecule has 24 heavy (non-hydrogen) atoms. The molecular weight excluding hydrogens is 326 g/mol. The number of rotatable bonds is 4. The summed E-state index contributed by atoms with van der Waals surface area (Å²) in [6, 6.07) is 15.5. The molecule has 0 spiro atoms. The van der Waals surface area contributed by atoms with E-state index in [2.05, 4.69) is 10.6 Å². The fraction of sp³-hybridized carbons (Fsp3) is 0.167. The molecule has 0 radical (unpaired) electrons. The highest BCUT2D eigenvalue weighted by Gasteiger charge is 2.56. The molecule has 0 bridgehead atoms. The first-order valence-electron chi connectivity index (χ1n) is 7.43. The van der Waals surface area contributed by atoms with Crippen molar-refractivity contribution in [2.45, 2.75) is 12.8 Å². The maximum atomic E-state index is 12.5. The Morgan fingerprint density at radius 2 is 1.75 bits per heavy atom. The number of nitrogens with zero attached hydrogens (tertiary/aromatic N) is 1. The lowest BCUT2D eigenvalue weighted by Crippen LogP contribution is -2.35. The number of anilines is 2. The summed E-state index contributed by atoms with van der Waals surface area (Å²) in [6.07, 6.45) is 0.958. The minimum atomic E-state index is -1.08. The van der Waals surface area contributed by atoms with Crippen LogP contribution in [0, 0.1) is 16.7 Å². The van der Waals surface area contributed by atoms with Crippen LogP contribution in [0.25, 0.3) is 0 Å². The monoisotopic (exact) mass is 339 g/mol. The van der Waals surface area contributed by atoms with E-state index in [0.29, 0.717) is 34.8 Å². The molecular formula is C18H14ClN3O2. The van der Waals surface area contributed by atoms with Crippen molar-refractivity contribution in [1.29, 1.82) is 5.26 Å². The Bertz CT molecular complexity index is 853. The molecule has 0 aliphatic heterocycles. The summed E-state index contributed by atoms with van der Waals surface area (Å²) >= 11 is 6.04. The van der Waals surface area contributed by atoms with Crippen molar-refractivity contribution < 1.29 is 9.59 Å². The van der Waals surface area contributed by atoms with Crippen LogP contribution in [-0.2, 0) is 9.59 Å². The molecule has 1 aliphatic rings. The van der Waals surface area contributed by atoms with Gasteiger partial charge in [0.1, 0.15) is 5.41 Å². The van der Waals surface area contributed by atoms with E-state index in [4.69, 9.17) is 16.9 Å². The van der Waals surface area contributed by atoms with Gasteiger partial charge in [-0.2, -0.15) is 5.26 Å². The van der Waals surface area contributed by atoms with Crippen molar-refractivity contribution in [1.82, 2.24) is 0 Å². The Kier molecular flexibility index (Phi) is 4.24. The van der Waals surface area contributed by atoms with E-state index in [1.807, 2.05) is 6.07 Å². The second kappa shape index (κ2) is 6.34. The van der Waals surface area contributed by atoms with E-state index in [9.17, 15) is 9.59 Å². The molecule has 0 aromatic heterocycles. The van der Waals surface area contributed by atoms with Crippen LogP contribution in [-0.4, -0.2) is 11.8 Å². The van der Waals surface area contributed by atoms with Crippen LogP contribution in [0.5, 0.6) is 0 Å². The van der Waals surface area contributed by atoms with Gasteiger partial charge < -0.3 is 10.6 Å². The normalized spacial score (nSPS) is 14.3. The molecule has 0 heterocycles. The van der Waals surface area contributed by atoms with Crippen molar-refractivity contribution in [3.05, 3.63) is 59.1 Å².